The van der Waals surface area contributed by atoms with Gasteiger partial charge in [0, 0.05) is 0 Å². The van der Waals surface area contributed by atoms with Gasteiger partial charge in [0.05, 0.1) is 6.54 Å². The first-order valence-corrected chi connectivity index (χ1v) is 6.28. The number of aromatic nitrogens is 3. The Labute approximate surface area is 115 Å². The Morgan fingerprint density at radius 3 is 2.80 bits per heavy atom. The van der Waals surface area contributed by atoms with Crippen LogP contribution in [0, 0.1) is 0 Å². The van der Waals surface area contributed by atoms with Gasteiger partial charge in [-0.2, -0.15) is 5.10 Å². The van der Waals surface area contributed by atoms with Crippen molar-refractivity contribution in [1.82, 2.24) is 20.5 Å². The molecule has 1 aromatic heterocycles. The minimum Gasteiger partial charge on any atom is -0.482 e. The van der Waals surface area contributed by atoms with Gasteiger partial charge in [-0.3, -0.25) is 9.89 Å². The van der Waals surface area contributed by atoms with Gasteiger partial charge in [0.2, 0.25) is 6.10 Å². The van der Waals surface area contributed by atoms with E-state index in [1.165, 1.54) is 6.33 Å². The lowest BCUT2D eigenvalue weighted by molar-refractivity contribution is -0.133. The van der Waals surface area contributed by atoms with Crippen LogP contribution in [0.15, 0.2) is 30.6 Å². The molecule has 2 unspecified atom stereocenters. The van der Waals surface area contributed by atoms with E-state index in [9.17, 15) is 4.79 Å². The summed E-state index contributed by atoms with van der Waals surface area (Å²) in [5.41, 5.74) is 0. The minimum atomic E-state index is -0.687. The van der Waals surface area contributed by atoms with E-state index in [2.05, 4.69) is 20.5 Å². The van der Waals surface area contributed by atoms with Gasteiger partial charge < -0.3 is 14.8 Å². The van der Waals surface area contributed by atoms with E-state index in [0.717, 1.165) is 0 Å². The number of para-hydroxylation sites is 2. The van der Waals surface area contributed by atoms with Crippen LogP contribution in [0.5, 0.6) is 11.5 Å². The molecule has 7 heteroatoms. The molecule has 1 aliphatic heterocycles. The lowest BCUT2D eigenvalue weighted by Gasteiger charge is -2.30. The molecule has 0 spiro atoms. The Morgan fingerprint density at radius 1 is 1.35 bits per heavy atom. The van der Waals surface area contributed by atoms with Crippen LogP contribution < -0.4 is 14.8 Å². The molecule has 0 aliphatic carbocycles. The van der Waals surface area contributed by atoms with Crippen molar-refractivity contribution in [3.8, 4) is 11.5 Å². The Hall–Kier alpha value is -2.57. The van der Waals surface area contributed by atoms with Crippen molar-refractivity contribution in [3.05, 3.63) is 36.4 Å². The quantitative estimate of drug-likeness (QED) is 0.857. The molecular weight excluding hydrogens is 260 g/mol. The van der Waals surface area contributed by atoms with E-state index in [1.807, 2.05) is 18.2 Å². The fraction of sp³-hybridized carbons (Fsp3) is 0.308. The van der Waals surface area contributed by atoms with E-state index >= 15 is 0 Å². The zero-order chi connectivity index (χ0) is 13.9. The van der Waals surface area contributed by atoms with Crippen molar-refractivity contribution in [2.24, 2.45) is 0 Å². The van der Waals surface area contributed by atoms with Crippen LogP contribution in [0.25, 0.3) is 0 Å². The number of nitrogens with zero attached hydrogens (tertiary/aromatic N) is 2. The largest absolute Gasteiger partial charge is 0.482 e. The molecule has 2 aromatic rings. The van der Waals surface area contributed by atoms with Gasteiger partial charge in [0.25, 0.3) is 5.91 Å². The zero-order valence-corrected chi connectivity index (χ0v) is 10.9. The Kier molecular flexibility index (Phi) is 3.24. The summed E-state index contributed by atoms with van der Waals surface area (Å²) in [5.74, 6) is 1.57. The third-order valence-electron chi connectivity index (χ3n) is 3.00. The molecular formula is C13H14N4O3. The maximum absolute atomic E-state index is 12.1. The molecule has 0 saturated heterocycles. The molecule has 1 amide bonds. The first-order chi connectivity index (χ1) is 9.74. The SMILES string of the molecule is CC1Oc2ccccc2OC1C(=O)NCc1ncn[nH]1. The summed E-state index contributed by atoms with van der Waals surface area (Å²) in [7, 11) is 0. The predicted octanol–water partition coefficient (Wildman–Crippen LogP) is 0.649. The van der Waals surface area contributed by atoms with E-state index in [4.69, 9.17) is 9.47 Å². The highest BCUT2D eigenvalue weighted by Crippen LogP contribution is 2.33. The van der Waals surface area contributed by atoms with Crippen LogP contribution in [0.3, 0.4) is 0 Å². The van der Waals surface area contributed by atoms with E-state index in [-0.39, 0.29) is 18.6 Å². The van der Waals surface area contributed by atoms with Crippen molar-refractivity contribution in [2.75, 3.05) is 0 Å². The second-order valence-electron chi connectivity index (χ2n) is 4.46. The number of hydrogen-bond acceptors (Lipinski definition) is 5. The molecule has 1 aromatic carbocycles. The maximum atomic E-state index is 12.1. The van der Waals surface area contributed by atoms with Gasteiger partial charge in [0.15, 0.2) is 11.5 Å². The molecule has 0 saturated carbocycles. The number of amides is 1. The third kappa shape index (κ3) is 2.42. The number of hydrogen-bond donors (Lipinski definition) is 2. The fourth-order valence-electron chi connectivity index (χ4n) is 1.99. The average molecular weight is 274 g/mol. The van der Waals surface area contributed by atoms with Crippen molar-refractivity contribution >= 4 is 5.91 Å². The highest BCUT2D eigenvalue weighted by atomic mass is 16.6. The van der Waals surface area contributed by atoms with Crippen LogP contribution in [-0.2, 0) is 11.3 Å². The van der Waals surface area contributed by atoms with Gasteiger partial charge in [-0.1, -0.05) is 12.1 Å². The second-order valence-corrected chi connectivity index (χ2v) is 4.46. The van der Waals surface area contributed by atoms with Gasteiger partial charge in [-0.15, -0.1) is 0 Å². The van der Waals surface area contributed by atoms with E-state index < -0.39 is 6.10 Å². The number of H-pyrrole nitrogens is 1. The molecule has 1 aliphatic rings. The monoisotopic (exact) mass is 274 g/mol. The molecule has 104 valence electrons. The van der Waals surface area contributed by atoms with Crippen molar-refractivity contribution < 1.29 is 14.3 Å². The number of carbonyl (C=O) groups is 1. The summed E-state index contributed by atoms with van der Waals surface area (Å²) in [6.45, 7) is 2.07. The summed E-state index contributed by atoms with van der Waals surface area (Å²) in [4.78, 5) is 16.1. The highest BCUT2D eigenvalue weighted by Gasteiger charge is 2.33. The smallest absolute Gasteiger partial charge is 0.265 e. The lowest BCUT2D eigenvalue weighted by Crippen LogP contribution is -2.48. The maximum Gasteiger partial charge on any atom is 0.265 e. The molecule has 0 radical (unpaired) electrons. The van der Waals surface area contributed by atoms with Crippen LogP contribution in [-0.4, -0.2) is 33.3 Å². The average Bonchev–Trinajstić information content (AvgIpc) is 2.97. The van der Waals surface area contributed by atoms with E-state index in [0.29, 0.717) is 17.3 Å². The minimum absolute atomic E-state index is 0.247. The van der Waals surface area contributed by atoms with Crippen molar-refractivity contribution in [2.45, 2.75) is 25.7 Å². The van der Waals surface area contributed by atoms with Gasteiger partial charge in [-0.25, -0.2) is 4.98 Å². The van der Waals surface area contributed by atoms with Gasteiger partial charge >= 0.3 is 0 Å². The molecule has 0 bridgehead atoms. The Morgan fingerprint density at radius 2 is 2.10 bits per heavy atom. The molecule has 3 rings (SSSR count). The number of benzene rings is 1. The van der Waals surface area contributed by atoms with Gasteiger partial charge in [0.1, 0.15) is 18.3 Å². The van der Waals surface area contributed by atoms with E-state index in [1.54, 1.807) is 13.0 Å². The number of fused-ring (bicyclic) bond motifs is 1. The third-order valence-corrected chi connectivity index (χ3v) is 3.00. The normalized spacial score (nSPS) is 20.4. The first kappa shape index (κ1) is 12.5. The van der Waals surface area contributed by atoms with Crippen LogP contribution in [0.2, 0.25) is 0 Å². The Balaban J connectivity index is 1.66. The molecule has 2 atom stereocenters. The number of carbonyl (C=O) groups excluding carboxylic acids is 1. The number of rotatable bonds is 3. The number of nitrogens with one attached hydrogen (secondary N) is 2. The standard InChI is InChI=1S/C13H14N4O3/c1-8-12(13(18)14-6-11-15-7-16-17-11)20-10-5-3-2-4-9(10)19-8/h2-5,7-8,12H,6H2,1H3,(H,14,18)(H,15,16,17). The number of aromatic amines is 1. The number of ether oxygens (including phenoxy) is 2. The zero-order valence-electron chi connectivity index (χ0n) is 10.9. The van der Waals surface area contributed by atoms with Crippen molar-refractivity contribution in [1.29, 1.82) is 0 Å². The molecule has 2 N–H and O–H groups in total. The lowest BCUT2D eigenvalue weighted by atomic mass is 10.1. The molecule has 20 heavy (non-hydrogen) atoms. The summed E-state index contributed by atoms with van der Waals surface area (Å²) in [6, 6.07) is 7.29. The molecule has 0 fully saturated rings. The second kappa shape index (κ2) is 5.20. The fourth-order valence-corrected chi connectivity index (χ4v) is 1.99. The Bertz CT molecular complexity index is 599. The first-order valence-electron chi connectivity index (χ1n) is 6.28. The van der Waals surface area contributed by atoms with Gasteiger partial charge in [-0.05, 0) is 19.1 Å². The van der Waals surface area contributed by atoms with Crippen LogP contribution in [0.1, 0.15) is 12.7 Å². The molecule has 7 nitrogen and oxygen atoms in total. The summed E-state index contributed by atoms with van der Waals surface area (Å²) in [6.07, 6.45) is 0.341. The van der Waals surface area contributed by atoms with Crippen molar-refractivity contribution in [3.63, 3.8) is 0 Å². The topological polar surface area (TPSA) is 89.1 Å². The molecule has 2 heterocycles. The summed E-state index contributed by atoms with van der Waals surface area (Å²) >= 11 is 0. The van der Waals surface area contributed by atoms with Crippen LogP contribution >= 0.6 is 0 Å². The predicted molar refractivity (Wildman–Crippen MR) is 69.2 cm³/mol. The summed E-state index contributed by atoms with van der Waals surface area (Å²) in [5, 5.41) is 9.13. The highest BCUT2D eigenvalue weighted by molar-refractivity contribution is 5.82. The van der Waals surface area contributed by atoms with Crippen LogP contribution in [0.4, 0.5) is 0 Å². The summed E-state index contributed by atoms with van der Waals surface area (Å²) < 4.78 is 11.4.